The van der Waals surface area contributed by atoms with Gasteiger partial charge in [-0.05, 0) is 16.7 Å². The lowest BCUT2D eigenvalue weighted by Gasteiger charge is -2.42. The molecule has 1 fully saturated rings. The van der Waals surface area contributed by atoms with Crippen molar-refractivity contribution in [3.63, 3.8) is 0 Å². The Kier molecular flexibility index (Phi) is 8.62. The second-order valence-electron chi connectivity index (χ2n) is 8.41. The van der Waals surface area contributed by atoms with Gasteiger partial charge in [0, 0.05) is 0 Å². The summed E-state index contributed by atoms with van der Waals surface area (Å²) in [7, 11) is 0. The number of hydrogen-bond acceptors (Lipinski definition) is 5. The number of imide groups is 1. The minimum Gasteiger partial charge on any atom is -0.465 e. The summed E-state index contributed by atoms with van der Waals surface area (Å²) < 4.78 is 18.3. The Morgan fingerprint density at radius 1 is 0.771 bits per heavy atom. The molecular weight excluding hydrogens is 446 g/mol. The van der Waals surface area contributed by atoms with Gasteiger partial charge in [0.25, 0.3) is 0 Å². The lowest BCUT2D eigenvalue weighted by Crippen LogP contribution is -2.61. The minimum absolute atomic E-state index is 0.00239. The van der Waals surface area contributed by atoms with Crippen LogP contribution < -0.4 is 0 Å². The van der Waals surface area contributed by atoms with Crippen molar-refractivity contribution in [1.82, 2.24) is 4.90 Å². The topological polar surface area (TPSA) is 85.3 Å². The Morgan fingerprint density at radius 2 is 1.26 bits per heavy atom. The van der Waals surface area contributed by atoms with Crippen LogP contribution in [0.3, 0.4) is 0 Å². The molecule has 2 amide bonds. The number of piperidine rings is 1. The number of nitrogens with zero attached hydrogens (tertiary/aromatic N) is 1. The van der Waals surface area contributed by atoms with Crippen molar-refractivity contribution in [2.75, 3.05) is 6.61 Å². The highest BCUT2D eigenvalue weighted by Gasteiger charge is 2.46. The Balaban J connectivity index is 1.53. The van der Waals surface area contributed by atoms with E-state index in [0.717, 1.165) is 21.6 Å². The maximum absolute atomic E-state index is 12.9. The first-order chi connectivity index (χ1) is 17.1. The zero-order chi connectivity index (χ0) is 24.5. The molecular formula is C28H29NO6. The number of ether oxygens (including phenoxy) is 3. The largest absolute Gasteiger partial charge is 0.465 e. The molecule has 1 aliphatic rings. The van der Waals surface area contributed by atoms with E-state index in [4.69, 9.17) is 14.2 Å². The molecule has 1 aliphatic heterocycles. The number of likely N-dealkylation sites (tertiary alicyclic amines) is 1. The lowest BCUT2D eigenvalue weighted by atomic mass is 9.95. The molecule has 0 spiro atoms. The van der Waals surface area contributed by atoms with Crippen molar-refractivity contribution in [3.05, 3.63) is 108 Å². The van der Waals surface area contributed by atoms with Crippen molar-refractivity contribution < 1.29 is 28.9 Å². The summed E-state index contributed by atoms with van der Waals surface area (Å²) in [5.74, 6) is -0.525. The first-order valence-electron chi connectivity index (χ1n) is 11.6. The van der Waals surface area contributed by atoms with Crippen molar-refractivity contribution in [2.45, 2.75) is 44.5 Å². The smallest absolute Gasteiger partial charge is 0.414 e. The van der Waals surface area contributed by atoms with E-state index in [1.54, 1.807) is 0 Å². The zero-order valence-corrected chi connectivity index (χ0v) is 19.4. The molecule has 182 valence electrons. The standard InChI is InChI=1S/C28H29NO6/c30-26-16-25(34-18-22-12-6-2-7-13-22)27(35-19-23-14-8-3-9-15-23)24(29(26)28(31)32)20-33-17-21-10-4-1-5-11-21/h1-15,24-25,27H,16-20H2,(H,31,32). The van der Waals surface area contributed by atoms with Crippen LogP contribution in [0.1, 0.15) is 23.1 Å². The highest BCUT2D eigenvalue weighted by molar-refractivity contribution is 5.92. The highest BCUT2D eigenvalue weighted by atomic mass is 16.5. The van der Waals surface area contributed by atoms with Crippen molar-refractivity contribution in [2.24, 2.45) is 0 Å². The van der Waals surface area contributed by atoms with Crippen LogP contribution in [0.2, 0.25) is 0 Å². The molecule has 35 heavy (non-hydrogen) atoms. The minimum atomic E-state index is -1.32. The predicted octanol–water partition coefficient (Wildman–Crippen LogP) is 4.65. The second-order valence-corrected chi connectivity index (χ2v) is 8.41. The van der Waals surface area contributed by atoms with Gasteiger partial charge < -0.3 is 19.3 Å². The Bertz CT molecular complexity index is 1080. The Morgan fingerprint density at radius 3 is 1.77 bits per heavy atom. The van der Waals surface area contributed by atoms with Crippen molar-refractivity contribution in [1.29, 1.82) is 0 Å². The van der Waals surface area contributed by atoms with Crippen LogP contribution in [0.4, 0.5) is 4.79 Å². The average Bonchev–Trinajstić information content (AvgIpc) is 2.88. The van der Waals surface area contributed by atoms with Crippen LogP contribution in [-0.2, 0) is 38.8 Å². The normalized spacial score (nSPS) is 20.1. The van der Waals surface area contributed by atoms with E-state index in [1.165, 1.54) is 0 Å². The van der Waals surface area contributed by atoms with Gasteiger partial charge in [-0.1, -0.05) is 91.0 Å². The number of carbonyl (C=O) groups is 2. The number of benzene rings is 3. The van der Waals surface area contributed by atoms with Crippen LogP contribution in [0.25, 0.3) is 0 Å². The summed E-state index contributed by atoms with van der Waals surface area (Å²) in [6.45, 7) is 0.833. The maximum atomic E-state index is 12.9. The summed E-state index contributed by atoms with van der Waals surface area (Å²) in [5.41, 5.74) is 2.85. The van der Waals surface area contributed by atoms with E-state index in [0.29, 0.717) is 6.61 Å². The molecule has 3 atom stereocenters. The number of carbonyl (C=O) groups excluding carboxylic acids is 1. The Hall–Kier alpha value is -3.52. The van der Waals surface area contributed by atoms with Gasteiger partial charge in [-0.3, -0.25) is 4.79 Å². The summed E-state index contributed by atoms with van der Waals surface area (Å²) in [5, 5.41) is 9.85. The summed E-state index contributed by atoms with van der Waals surface area (Å²) in [6, 6.07) is 28.0. The lowest BCUT2D eigenvalue weighted by molar-refractivity contribution is -0.171. The second kappa shape index (κ2) is 12.3. The summed E-state index contributed by atoms with van der Waals surface area (Å²) in [6.07, 6.45) is -2.72. The van der Waals surface area contributed by atoms with Crippen LogP contribution in [-0.4, -0.2) is 46.9 Å². The van der Waals surface area contributed by atoms with Crippen LogP contribution in [0.5, 0.6) is 0 Å². The molecule has 3 aromatic carbocycles. The third-order valence-electron chi connectivity index (χ3n) is 5.92. The molecule has 7 nitrogen and oxygen atoms in total. The molecule has 7 heteroatoms. The molecule has 0 saturated carbocycles. The fraction of sp³-hybridized carbons (Fsp3) is 0.286. The number of rotatable bonds is 10. The van der Waals surface area contributed by atoms with Gasteiger partial charge >= 0.3 is 6.09 Å². The van der Waals surface area contributed by atoms with Gasteiger partial charge in [0.1, 0.15) is 6.10 Å². The van der Waals surface area contributed by atoms with Crippen molar-refractivity contribution in [3.8, 4) is 0 Å². The molecule has 0 aliphatic carbocycles. The van der Waals surface area contributed by atoms with Gasteiger partial charge in [-0.25, -0.2) is 9.69 Å². The summed E-state index contributed by atoms with van der Waals surface area (Å²) >= 11 is 0. The average molecular weight is 476 g/mol. The molecule has 4 rings (SSSR count). The molecule has 1 N–H and O–H groups in total. The third-order valence-corrected chi connectivity index (χ3v) is 5.92. The Labute approximate surface area is 204 Å². The van der Waals surface area contributed by atoms with E-state index in [2.05, 4.69) is 0 Å². The van der Waals surface area contributed by atoms with Gasteiger partial charge in [-0.2, -0.15) is 0 Å². The van der Waals surface area contributed by atoms with E-state index in [9.17, 15) is 14.7 Å². The van der Waals surface area contributed by atoms with E-state index < -0.39 is 30.3 Å². The van der Waals surface area contributed by atoms with Gasteiger partial charge in [0.2, 0.25) is 5.91 Å². The van der Waals surface area contributed by atoms with Gasteiger partial charge in [0.05, 0.1) is 45.0 Å². The van der Waals surface area contributed by atoms with Crippen LogP contribution in [0.15, 0.2) is 91.0 Å². The highest BCUT2D eigenvalue weighted by Crippen LogP contribution is 2.27. The summed E-state index contributed by atoms with van der Waals surface area (Å²) in [4.78, 5) is 25.8. The SMILES string of the molecule is O=C(O)N1C(=O)CC(OCc2ccccc2)C(OCc2ccccc2)C1COCc1ccccc1. The zero-order valence-electron chi connectivity index (χ0n) is 19.4. The molecule has 3 aromatic rings. The van der Waals surface area contributed by atoms with Crippen molar-refractivity contribution >= 4 is 12.0 Å². The maximum Gasteiger partial charge on any atom is 0.414 e. The molecule has 3 unspecified atom stereocenters. The number of carboxylic acid groups (broad SMARTS) is 1. The first kappa shape index (κ1) is 24.6. The van der Waals surface area contributed by atoms with Gasteiger partial charge in [0.15, 0.2) is 0 Å². The fourth-order valence-corrected chi connectivity index (χ4v) is 4.17. The molecule has 1 heterocycles. The third kappa shape index (κ3) is 6.76. The first-order valence-corrected chi connectivity index (χ1v) is 11.6. The number of amides is 2. The van der Waals surface area contributed by atoms with E-state index in [1.807, 2.05) is 91.0 Å². The fourth-order valence-electron chi connectivity index (χ4n) is 4.17. The quantitative estimate of drug-likeness (QED) is 0.459. The molecule has 0 bridgehead atoms. The molecule has 0 radical (unpaired) electrons. The predicted molar refractivity (Wildman–Crippen MR) is 129 cm³/mol. The molecule has 0 aromatic heterocycles. The van der Waals surface area contributed by atoms with Gasteiger partial charge in [-0.15, -0.1) is 0 Å². The monoisotopic (exact) mass is 475 g/mol. The molecule has 1 saturated heterocycles. The van der Waals surface area contributed by atoms with Crippen LogP contribution >= 0.6 is 0 Å². The van der Waals surface area contributed by atoms with E-state index in [-0.39, 0.29) is 26.2 Å². The van der Waals surface area contributed by atoms with Crippen LogP contribution in [0, 0.1) is 0 Å². The number of hydrogen-bond donors (Lipinski definition) is 1. The van der Waals surface area contributed by atoms with E-state index >= 15 is 0 Å².